The van der Waals surface area contributed by atoms with E-state index < -0.39 is 12.1 Å². The van der Waals surface area contributed by atoms with Crippen LogP contribution in [-0.4, -0.2) is 60.9 Å². The van der Waals surface area contributed by atoms with Gasteiger partial charge in [-0.2, -0.15) is 0 Å². The fraction of sp³-hybridized carbons (Fsp3) is 0.800. The number of carbonyl (C=O) groups excluding carboxylic acids is 1. The van der Waals surface area contributed by atoms with E-state index in [2.05, 4.69) is 5.32 Å². The molecule has 98 valence electrons. The Morgan fingerprint density at radius 2 is 2.12 bits per heavy atom. The lowest BCUT2D eigenvalue weighted by molar-refractivity contribution is -0.148. The molecule has 1 saturated heterocycles. The number of likely N-dealkylation sites (tertiary alicyclic amines) is 1. The first-order valence-electron chi connectivity index (χ1n) is 5.58. The van der Waals surface area contributed by atoms with Gasteiger partial charge in [-0.3, -0.25) is 0 Å². The molecule has 0 aliphatic carbocycles. The van der Waals surface area contributed by atoms with Crippen molar-refractivity contribution in [3.05, 3.63) is 0 Å². The number of ether oxygens (including phenoxy) is 1. The summed E-state index contributed by atoms with van der Waals surface area (Å²) in [6.07, 6.45) is 0.547. The molecular weight excluding hydrogens is 226 g/mol. The maximum Gasteiger partial charge on any atom is 0.334 e. The molecule has 1 unspecified atom stereocenters. The van der Waals surface area contributed by atoms with Crippen LogP contribution in [0.4, 0.5) is 4.79 Å². The number of nitrogens with two attached hydrogens (primary N) is 1. The average Bonchev–Trinajstić information content (AvgIpc) is 2.30. The van der Waals surface area contributed by atoms with E-state index in [1.165, 1.54) is 7.11 Å². The van der Waals surface area contributed by atoms with Crippen LogP contribution >= 0.6 is 0 Å². The fourth-order valence-corrected chi connectivity index (χ4v) is 1.67. The summed E-state index contributed by atoms with van der Waals surface area (Å²) >= 11 is 0. The number of nitrogens with zero attached hydrogens (tertiary/aromatic N) is 1. The number of piperidine rings is 1. The molecule has 0 saturated carbocycles. The minimum atomic E-state index is -1.09. The van der Waals surface area contributed by atoms with E-state index in [0.717, 1.165) is 12.8 Å². The van der Waals surface area contributed by atoms with Crippen molar-refractivity contribution in [2.75, 3.05) is 26.7 Å². The van der Waals surface area contributed by atoms with E-state index in [9.17, 15) is 9.59 Å². The predicted octanol–water partition coefficient (Wildman–Crippen LogP) is -0.781. The Morgan fingerprint density at radius 1 is 1.53 bits per heavy atom. The average molecular weight is 245 g/mol. The molecule has 17 heavy (non-hydrogen) atoms. The van der Waals surface area contributed by atoms with Crippen LogP contribution in [0.25, 0.3) is 0 Å². The molecule has 1 heterocycles. The highest BCUT2D eigenvalue weighted by molar-refractivity contribution is 5.77. The van der Waals surface area contributed by atoms with Gasteiger partial charge in [0.25, 0.3) is 0 Å². The van der Waals surface area contributed by atoms with E-state index in [1.807, 2.05) is 0 Å². The molecule has 7 heteroatoms. The Hall–Kier alpha value is -1.34. The third-order valence-electron chi connectivity index (χ3n) is 2.83. The highest BCUT2D eigenvalue weighted by atomic mass is 16.5. The van der Waals surface area contributed by atoms with Crippen molar-refractivity contribution >= 4 is 12.0 Å². The van der Waals surface area contributed by atoms with Gasteiger partial charge in [0.05, 0.1) is 6.54 Å². The van der Waals surface area contributed by atoms with E-state index in [-0.39, 0.29) is 18.6 Å². The summed E-state index contributed by atoms with van der Waals surface area (Å²) in [5, 5.41) is 11.3. The zero-order valence-electron chi connectivity index (χ0n) is 9.89. The van der Waals surface area contributed by atoms with Crippen molar-refractivity contribution in [3.63, 3.8) is 0 Å². The second-order valence-corrected chi connectivity index (χ2v) is 4.07. The molecule has 1 rings (SSSR count). The molecule has 4 N–H and O–H groups in total. The van der Waals surface area contributed by atoms with Gasteiger partial charge in [-0.1, -0.05) is 0 Å². The van der Waals surface area contributed by atoms with E-state index >= 15 is 0 Å². The van der Waals surface area contributed by atoms with E-state index in [0.29, 0.717) is 13.1 Å². The molecule has 1 aliphatic heterocycles. The number of aliphatic carboxylic acids is 1. The first-order valence-corrected chi connectivity index (χ1v) is 5.58. The van der Waals surface area contributed by atoms with Crippen LogP contribution in [0.3, 0.4) is 0 Å². The summed E-state index contributed by atoms with van der Waals surface area (Å²) in [6.45, 7) is 1.18. The Labute approximate surface area is 99.9 Å². The number of amides is 2. The zero-order chi connectivity index (χ0) is 12.8. The highest BCUT2D eigenvalue weighted by Crippen LogP contribution is 2.07. The minimum absolute atomic E-state index is 0.0345. The van der Waals surface area contributed by atoms with Crippen LogP contribution in [-0.2, 0) is 9.53 Å². The molecule has 0 aromatic carbocycles. The number of carbonyl (C=O) groups is 2. The maximum atomic E-state index is 11.7. The van der Waals surface area contributed by atoms with Gasteiger partial charge in [0.15, 0.2) is 6.10 Å². The molecule has 0 bridgehead atoms. The second kappa shape index (κ2) is 6.41. The number of rotatable bonds is 4. The Balaban J connectivity index is 2.31. The van der Waals surface area contributed by atoms with Crippen molar-refractivity contribution in [1.29, 1.82) is 0 Å². The molecule has 1 aliphatic rings. The highest BCUT2D eigenvalue weighted by Gasteiger charge is 2.22. The van der Waals surface area contributed by atoms with Crippen molar-refractivity contribution in [1.82, 2.24) is 10.2 Å². The molecular formula is C10H19N3O4. The SMILES string of the molecule is COC(CNC(=O)N1CCC(N)CC1)C(=O)O. The van der Waals surface area contributed by atoms with Crippen LogP contribution in [0.1, 0.15) is 12.8 Å². The quantitative estimate of drug-likeness (QED) is 0.602. The van der Waals surface area contributed by atoms with Crippen molar-refractivity contribution in [3.8, 4) is 0 Å². The van der Waals surface area contributed by atoms with Gasteiger partial charge in [0.2, 0.25) is 0 Å². The maximum absolute atomic E-state index is 11.7. The third-order valence-corrected chi connectivity index (χ3v) is 2.83. The Morgan fingerprint density at radius 3 is 2.59 bits per heavy atom. The first-order chi connectivity index (χ1) is 8.04. The van der Waals surface area contributed by atoms with Crippen LogP contribution < -0.4 is 11.1 Å². The molecule has 0 aromatic rings. The van der Waals surface area contributed by atoms with Gasteiger partial charge in [-0.15, -0.1) is 0 Å². The lowest BCUT2D eigenvalue weighted by atomic mass is 10.1. The van der Waals surface area contributed by atoms with E-state index in [4.69, 9.17) is 15.6 Å². The lowest BCUT2D eigenvalue weighted by Crippen LogP contribution is -2.49. The summed E-state index contributed by atoms with van der Waals surface area (Å²) in [5.74, 6) is -1.09. The number of carboxylic acid groups (broad SMARTS) is 1. The van der Waals surface area contributed by atoms with Crippen molar-refractivity contribution < 1.29 is 19.4 Å². The smallest absolute Gasteiger partial charge is 0.334 e. The number of urea groups is 1. The number of carboxylic acids is 1. The van der Waals surface area contributed by atoms with Gasteiger partial charge in [-0.25, -0.2) is 9.59 Å². The largest absolute Gasteiger partial charge is 0.479 e. The minimum Gasteiger partial charge on any atom is -0.479 e. The van der Waals surface area contributed by atoms with Gasteiger partial charge in [0, 0.05) is 26.2 Å². The third kappa shape index (κ3) is 4.20. The number of methoxy groups -OCH3 is 1. The Kier molecular flexibility index (Phi) is 5.17. The number of hydrogen-bond donors (Lipinski definition) is 3. The number of hydrogen-bond acceptors (Lipinski definition) is 4. The lowest BCUT2D eigenvalue weighted by Gasteiger charge is -2.30. The van der Waals surface area contributed by atoms with Gasteiger partial charge >= 0.3 is 12.0 Å². The summed E-state index contributed by atoms with van der Waals surface area (Å²) in [5.41, 5.74) is 5.72. The first kappa shape index (κ1) is 13.7. The molecule has 0 spiro atoms. The second-order valence-electron chi connectivity index (χ2n) is 4.07. The molecule has 1 atom stereocenters. The van der Waals surface area contributed by atoms with Crippen LogP contribution in [0.5, 0.6) is 0 Å². The van der Waals surface area contributed by atoms with Crippen molar-refractivity contribution in [2.45, 2.75) is 25.0 Å². The summed E-state index contributed by atoms with van der Waals surface area (Å²) < 4.78 is 4.71. The van der Waals surface area contributed by atoms with Crippen LogP contribution in [0, 0.1) is 0 Å². The summed E-state index contributed by atoms with van der Waals surface area (Å²) in [6, 6.07) is -0.106. The normalized spacial score (nSPS) is 18.8. The van der Waals surface area contributed by atoms with E-state index in [1.54, 1.807) is 4.90 Å². The standard InChI is InChI=1S/C10H19N3O4/c1-17-8(9(14)15)6-12-10(16)13-4-2-7(11)3-5-13/h7-8H,2-6,11H2,1H3,(H,12,16)(H,14,15). The predicted molar refractivity (Wildman–Crippen MR) is 60.6 cm³/mol. The Bertz CT molecular complexity index is 277. The molecule has 2 amide bonds. The molecule has 1 fully saturated rings. The zero-order valence-corrected chi connectivity index (χ0v) is 9.89. The van der Waals surface area contributed by atoms with Gasteiger partial charge in [0.1, 0.15) is 0 Å². The topological polar surface area (TPSA) is 105 Å². The molecule has 0 radical (unpaired) electrons. The van der Waals surface area contributed by atoms with Crippen LogP contribution in [0.15, 0.2) is 0 Å². The van der Waals surface area contributed by atoms with Crippen LogP contribution in [0.2, 0.25) is 0 Å². The molecule has 7 nitrogen and oxygen atoms in total. The summed E-state index contributed by atoms with van der Waals surface area (Å²) in [7, 11) is 1.30. The monoisotopic (exact) mass is 245 g/mol. The summed E-state index contributed by atoms with van der Waals surface area (Å²) in [4.78, 5) is 24.0. The number of nitrogens with one attached hydrogen (secondary N) is 1. The molecule has 0 aromatic heterocycles. The van der Waals surface area contributed by atoms with Crippen molar-refractivity contribution in [2.24, 2.45) is 5.73 Å². The van der Waals surface area contributed by atoms with Gasteiger partial charge < -0.3 is 25.8 Å². The fourth-order valence-electron chi connectivity index (χ4n) is 1.67. The van der Waals surface area contributed by atoms with Gasteiger partial charge in [-0.05, 0) is 12.8 Å².